The second kappa shape index (κ2) is 6.01. The summed E-state index contributed by atoms with van der Waals surface area (Å²) in [6.07, 6.45) is -6.00. The molecule has 1 aromatic carbocycles. The fourth-order valence-corrected chi connectivity index (χ4v) is 1.94. The average molecular weight is 371 g/mol. The lowest BCUT2D eigenvalue weighted by Gasteiger charge is -2.26. The SMILES string of the molecule is O=C1Nc2ccccc2[C@@H]1/C=N/NC(=O)C(F)(F)C(F)(F)C(F)(F)F. The Kier molecular flexibility index (Phi) is 4.49. The lowest BCUT2D eigenvalue weighted by molar-refractivity contribution is -0.344. The Hall–Kier alpha value is -2.66. The number of fused-ring (bicyclic) bond motifs is 1. The first-order valence-corrected chi connectivity index (χ1v) is 6.45. The van der Waals surface area contributed by atoms with Gasteiger partial charge in [-0.1, -0.05) is 18.2 Å². The Morgan fingerprint density at radius 3 is 2.32 bits per heavy atom. The number of benzene rings is 1. The molecule has 1 aliphatic rings. The first-order valence-electron chi connectivity index (χ1n) is 6.45. The number of carbonyl (C=O) groups is 2. The van der Waals surface area contributed by atoms with Gasteiger partial charge in [0, 0.05) is 11.9 Å². The molecule has 12 heteroatoms. The topological polar surface area (TPSA) is 70.6 Å². The molecule has 1 aromatic rings. The molecule has 25 heavy (non-hydrogen) atoms. The highest BCUT2D eigenvalue weighted by Gasteiger charge is 2.76. The van der Waals surface area contributed by atoms with Crippen LogP contribution in [0.15, 0.2) is 29.4 Å². The second-order valence-corrected chi connectivity index (χ2v) is 4.92. The van der Waals surface area contributed by atoms with E-state index in [4.69, 9.17) is 0 Å². The van der Waals surface area contributed by atoms with Gasteiger partial charge in [0.2, 0.25) is 5.91 Å². The number of nitrogens with one attached hydrogen (secondary N) is 2. The van der Waals surface area contributed by atoms with Crippen molar-refractivity contribution in [3.63, 3.8) is 0 Å². The van der Waals surface area contributed by atoms with Crippen molar-refractivity contribution in [2.45, 2.75) is 23.9 Å². The Balaban J connectivity index is 2.12. The molecule has 2 amide bonds. The van der Waals surface area contributed by atoms with Crippen LogP contribution in [0.4, 0.5) is 36.4 Å². The van der Waals surface area contributed by atoms with Gasteiger partial charge in [-0.25, -0.2) is 5.43 Å². The van der Waals surface area contributed by atoms with Crippen molar-refractivity contribution in [1.82, 2.24) is 5.43 Å². The van der Waals surface area contributed by atoms with Crippen LogP contribution >= 0.6 is 0 Å². The first kappa shape index (κ1) is 18.7. The third-order valence-corrected chi connectivity index (χ3v) is 3.26. The van der Waals surface area contributed by atoms with Crippen LogP contribution in [0.25, 0.3) is 0 Å². The monoisotopic (exact) mass is 371 g/mol. The number of amides is 2. The molecule has 2 N–H and O–H groups in total. The molecule has 0 bridgehead atoms. The Labute approximate surface area is 134 Å². The first-order chi connectivity index (χ1) is 11.4. The standard InChI is InChI=1S/C13H8F7N3O2/c14-11(15,12(16,17)13(18,19)20)10(25)23-21-5-7-6-3-1-2-4-8(6)22-9(7)24/h1-5,7H,(H,22,24)(H,23,25)/b21-5+/t7-/m0/s1. The van der Waals surface area contributed by atoms with Gasteiger partial charge in [0.05, 0.1) is 0 Å². The van der Waals surface area contributed by atoms with Crippen molar-refractivity contribution in [2.75, 3.05) is 5.32 Å². The number of nitrogens with zero attached hydrogens (tertiary/aromatic N) is 1. The Morgan fingerprint density at radius 1 is 1.12 bits per heavy atom. The molecule has 1 heterocycles. The van der Waals surface area contributed by atoms with Gasteiger partial charge in [0.25, 0.3) is 0 Å². The van der Waals surface area contributed by atoms with E-state index in [-0.39, 0.29) is 0 Å². The summed E-state index contributed by atoms with van der Waals surface area (Å²) in [5, 5.41) is 5.30. The number of alkyl halides is 7. The molecule has 5 nitrogen and oxygen atoms in total. The number of hydrazone groups is 1. The van der Waals surface area contributed by atoms with Crippen molar-refractivity contribution in [3.05, 3.63) is 29.8 Å². The van der Waals surface area contributed by atoms with Crippen LogP contribution < -0.4 is 10.7 Å². The summed E-state index contributed by atoms with van der Waals surface area (Å²) in [6.45, 7) is 0. The van der Waals surface area contributed by atoms with Gasteiger partial charge in [-0.15, -0.1) is 0 Å². The summed E-state index contributed by atoms with van der Waals surface area (Å²) in [5.41, 5.74) is 1.64. The van der Waals surface area contributed by atoms with Crippen molar-refractivity contribution >= 4 is 23.7 Å². The summed E-state index contributed by atoms with van der Waals surface area (Å²) < 4.78 is 87.5. The van der Waals surface area contributed by atoms with E-state index in [1.54, 1.807) is 6.07 Å². The molecular weight excluding hydrogens is 363 g/mol. The van der Waals surface area contributed by atoms with Crippen molar-refractivity contribution < 1.29 is 40.3 Å². The molecule has 1 atom stereocenters. The van der Waals surface area contributed by atoms with Crippen LogP contribution in [0.2, 0.25) is 0 Å². The van der Waals surface area contributed by atoms with Crippen molar-refractivity contribution in [1.29, 1.82) is 0 Å². The number of anilines is 1. The normalized spacial score (nSPS) is 18.2. The van der Waals surface area contributed by atoms with Gasteiger partial charge in [0.1, 0.15) is 5.92 Å². The summed E-state index contributed by atoms with van der Waals surface area (Å²) >= 11 is 0. The van der Waals surface area contributed by atoms with E-state index in [1.165, 1.54) is 18.2 Å². The van der Waals surface area contributed by atoms with Gasteiger partial charge >= 0.3 is 23.9 Å². The zero-order valence-corrected chi connectivity index (χ0v) is 11.9. The molecule has 0 unspecified atom stereocenters. The van der Waals surface area contributed by atoms with Crippen LogP contribution in [0.5, 0.6) is 0 Å². The molecule has 0 saturated heterocycles. The molecule has 2 rings (SSSR count). The minimum absolute atomic E-state index is 0.359. The molecule has 0 aliphatic carbocycles. The second-order valence-electron chi connectivity index (χ2n) is 4.92. The van der Waals surface area contributed by atoms with Crippen LogP contribution in [-0.2, 0) is 9.59 Å². The summed E-state index contributed by atoms with van der Waals surface area (Å²) in [6, 6.07) is 6.10. The zero-order valence-electron chi connectivity index (χ0n) is 11.9. The number of halogens is 7. The Morgan fingerprint density at radius 2 is 1.72 bits per heavy atom. The lowest BCUT2D eigenvalue weighted by atomic mass is 10.0. The van der Waals surface area contributed by atoms with Crippen molar-refractivity contribution in [2.24, 2.45) is 5.10 Å². The third kappa shape index (κ3) is 3.15. The lowest BCUT2D eigenvalue weighted by Crippen LogP contribution is -2.58. The highest BCUT2D eigenvalue weighted by Crippen LogP contribution is 2.46. The maximum Gasteiger partial charge on any atom is 0.460 e. The minimum Gasteiger partial charge on any atom is -0.325 e. The average Bonchev–Trinajstić information content (AvgIpc) is 2.81. The maximum atomic E-state index is 13.1. The maximum absolute atomic E-state index is 13.1. The highest BCUT2D eigenvalue weighted by atomic mass is 19.4. The van der Waals surface area contributed by atoms with Crippen LogP contribution in [0, 0.1) is 0 Å². The molecule has 136 valence electrons. The summed E-state index contributed by atoms with van der Waals surface area (Å²) in [4.78, 5) is 22.7. The highest BCUT2D eigenvalue weighted by molar-refractivity contribution is 6.12. The molecule has 0 radical (unpaired) electrons. The molecule has 0 spiro atoms. The number of hydrogen-bond donors (Lipinski definition) is 2. The number of hydrogen-bond acceptors (Lipinski definition) is 3. The van der Waals surface area contributed by atoms with Gasteiger partial charge in [-0.05, 0) is 11.6 Å². The largest absolute Gasteiger partial charge is 0.460 e. The Bertz CT molecular complexity index is 731. The fraction of sp³-hybridized carbons (Fsp3) is 0.308. The predicted molar refractivity (Wildman–Crippen MR) is 70.4 cm³/mol. The molecule has 1 aliphatic heterocycles. The van der Waals surface area contributed by atoms with E-state index < -0.39 is 35.8 Å². The van der Waals surface area contributed by atoms with E-state index >= 15 is 0 Å². The van der Waals surface area contributed by atoms with E-state index in [0.29, 0.717) is 17.5 Å². The van der Waals surface area contributed by atoms with E-state index in [0.717, 1.165) is 5.43 Å². The van der Waals surface area contributed by atoms with Crippen molar-refractivity contribution in [3.8, 4) is 0 Å². The van der Waals surface area contributed by atoms with Crippen LogP contribution in [0.1, 0.15) is 11.5 Å². The number of carbonyl (C=O) groups excluding carboxylic acids is 2. The minimum atomic E-state index is -6.64. The molecular formula is C13H8F7N3O2. The summed E-state index contributed by atoms with van der Waals surface area (Å²) in [5.74, 6) is -17.4. The molecule has 0 fully saturated rings. The molecule has 0 aromatic heterocycles. The van der Waals surface area contributed by atoms with Gasteiger partial charge in [0.15, 0.2) is 0 Å². The third-order valence-electron chi connectivity index (χ3n) is 3.26. The number of rotatable bonds is 4. The molecule has 0 saturated carbocycles. The van der Waals surface area contributed by atoms with E-state index in [9.17, 15) is 40.3 Å². The fourth-order valence-electron chi connectivity index (χ4n) is 1.94. The summed E-state index contributed by atoms with van der Waals surface area (Å²) in [7, 11) is 0. The van der Waals surface area contributed by atoms with Gasteiger partial charge in [-0.2, -0.15) is 35.8 Å². The predicted octanol–water partition coefficient (Wildman–Crippen LogP) is 2.66. The zero-order chi connectivity index (χ0) is 19.0. The van der Waals surface area contributed by atoms with E-state index in [2.05, 4.69) is 10.4 Å². The van der Waals surface area contributed by atoms with Gasteiger partial charge < -0.3 is 5.32 Å². The quantitative estimate of drug-likeness (QED) is 0.485. The van der Waals surface area contributed by atoms with Gasteiger partial charge in [-0.3, -0.25) is 9.59 Å². The smallest absolute Gasteiger partial charge is 0.325 e. The van der Waals surface area contributed by atoms with E-state index in [1.807, 2.05) is 0 Å². The van der Waals surface area contributed by atoms with Crippen LogP contribution in [-0.4, -0.2) is 36.1 Å². The number of para-hydroxylation sites is 1. The van der Waals surface area contributed by atoms with Crippen LogP contribution in [0.3, 0.4) is 0 Å².